The summed E-state index contributed by atoms with van der Waals surface area (Å²) in [5.74, 6) is 0.470. The molecule has 1 amide bonds. The predicted molar refractivity (Wildman–Crippen MR) is 108 cm³/mol. The maximum atomic E-state index is 12.6. The van der Waals surface area contributed by atoms with Gasteiger partial charge in [-0.05, 0) is 54.4 Å². The molecule has 142 valence electrons. The molecule has 0 spiro atoms. The standard InChI is InChI=1S/C20H18N4O3S/c1-13-4-2-3-5-17(13)22-19-9-6-15(12-21-19)24-28(26,27)16-7-8-18-14(10-16)11-20(25)23-18/h2-10,12,24H,11H2,1H3,(H,21,22)(H,23,25). The number of para-hydroxylation sites is 1. The van der Waals surface area contributed by atoms with Gasteiger partial charge in [0.05, 0.1) is 23.2 Å². The van der Waals surface area contributed by atoms with Crippen molar-refractivity contribution in [3.8, 4) is 0 Å². The molecule has 3 N–H and O–H groups in total. The molecular weight excluding hydrogens is 376 g/mol. The number of sulfonamides is 1. The number of nitrogens with zero attached hydrogens (tertiary/aromatic N) is 1. The van der Waals surface area contributed by atoms with Crippen LogP contribution in [0.5, 0.6) is 0 Å². The van der Waals surface area contributed by atoms with Gasteiger partial charge in [0, 0.05) is 11.4 Å². The summed E-state index contributed by atoms with van der Waals surface area (Å²) < 4.78 is 27.8. The van der Waals surface area contributed by atoms with Crippen LogP contribution < -0.4 is 15.4 Å². The third kappa shape index (κ3) is 3.67. The van der Waals surface area contributed by atoms with Gasteiger partial charge in [0.2, 0.25) is 5.91 Å². The van der Waals surface area contributed by atoms with E-state index in [1.54, 1.807) is 18.2 Å². The number of nitrogens with one attached hydrogen (secondary N) is 3. The molecule has 0 unspecified atom stereocenters. The van der Waals surface area contributed by atoms with E-state index in [1.807, 2.05) is 31.2 Å². The van der Waals surface area contributed by atoms with Gasteiger partial charge in [-0.25, -0.2) is 13.4 Å². The lowest BCUT2D eigenvalue weighted by Crippen LogP contribution is -2.13. The molecule has 8 heteroatoms. The van der Waals surface area contributed by atoms with Gasteiger partial charge in [-0.3, -0.25) is 9.52 Å². The Kier molecular flexibility index (Phi) is 4.48. The predicted octanol–water partition coefficient (Wildman–Crippen LogP) is 3.43. The van der Waals surface area contributed by atoms with Crippen molar-refractivity contribution in [1.29, 1.82) is 0 Å². The molecule has 4 rings (SSSR count). The van der Waals surface area contributed by atoms with Crippen LogP contribution in [-0.2, 0) is 21.2 Å². The highest BCUT2D eigenvalue weighted by Gasteiger charge is 2.22. The maximum Gasteiger partial charge on any atom is 0.261 e. The fraction of sp³-hybridized carbons (Fsp3) is 0.100. The van der Waals surface area contributed by atoms with Crippen molar-refractivity contribution >= 4 is 38.8 Å². The van der Waals surface area contributed by atoms with Crippen LogP contribution in [0.25, 0.3) is 0 Å². The number of aromatic nitrogens is 1. The average Bonchev–Trinajstić information content (AvgIpc) is 3.04. The molecule has 0 fully saturated rings. The van der Waals surface area contributed by atoms with Gasteiger partial charge in [0.1, 0.15) is 5.82 Å². The molecule has 0 radical (unpaired) electrons. The van der Waals surface area contributed by atoms with Crippen LogP contribution in [-0.4, -0.2) is 19.3 Å². The zero-order valence-electron chi connectivity index (χ0n) is 15.1. The monoisotopic (exact) mass is 394 g/mol. The summed E-state index contributed by atoms with van der Waals surface area (Å²) in [6, 6.07) is 15.7. The molecule has 0 saturated carbocycles. The van der Waals surface area contributed by atoms with Crippen LogP contribution in [0.2, 0.25) is 0 Å². The molecule has 2 aromatic carbocycles. The highest BCUT2D eigenvalue weighted by molar-refractivity contribution is 7.92. The second-order valence-corrected chi connectivity index (χ2v) is 8.20. The Hall–Kier alpha value is -3.39. The molecule has 3 aromatic rings. The van der Waals surface area contributed by atoms with E-state index in [0.717, 1.165) is 11.3 Å². The molecule has 2 heterocycles. The fourth-order valence-corrected chi connectivity index (χ4v) is 4.06. The third-order valence-electron chi connectivity index (χ3n) is 4.44. The third-order valence-corrected chi connectivity index (χ3v) is 5.81. The number of aryl methyl sites for hydroxylation is 1. The van der Waals surface area contributed by atoms with Crippen LogP contribution >= 0.6 is 0 Å². The van der Waals surface area contributed by atoms with Crippen molar-refractivity contribution < 1.29 is 13.2 Å². The highest BCUT2D eigenvalue weighted by atomic mass is 32.2. The lowest BCUT2D eigenvalue weighted by molar-refractivity contribution is -0.115. The van der Waals surface area contributed by atoms with Crippen molar-refractivity contribution in [2.75, 3.05) is 15.4 Å². The van der Waals surface area contributed by atoms with Crippen LogP contribution in [0.3, 0.4) is 0 Å². The quantitative estimate of drug-likeness (QED) is 0.616. The Bertz CT molecular complexity index is 1160. The van der Waals surface area contributed by atoms with Crippen LogP contribution in [0.1, 0.15) is 11.1 Å². The SMILES string of the molecule is Cc1ccccc1Nc1ccc(NS(=O)(=O)c2ccc3c(c2)CC(=O)N3)cn1. The molecule has 1 aliphatic rings. The van der Waals surface area contributed by atoms with E-state index in [9.17, 15) is 13.2 Å². The number of anilines is 4. The van der Waals surface area contributed by atoms with Crippen LogP contribution in [0.15, 0.2) is 65.7 Å². The Morgan fingerprint density at radius 1 is 1.07 bits per heavy atom. The first-order valence-corrected chi connectivity index (χ1v) is 10.1. The molecule has 1 aliphatic heterocycles. The number of fused-ring (bicyclic) bond motifs is 1. The average molecular weight is 394 g/mol. The Morgan fingerprint density at radius 3 is 2.64 bits per heavy atom. The number of rotatable bonds is 5. The lowest BCUT2D eigenvalue weighted by atomic mass is 10.2. The number of amides is 1. The van der Waals surface area contributed by atoms with Crippen molar-refractivity contribution in [3.05, 3.63) is 71.9 Å². The van der Waals surface area contributed by atoms with Gasteiger partial charge in [-0.2, -0.15) is 0 Å². The fourth-order valence-electron chi connectivity index (χ4n) is 2.97. The van der Waals surface area contributed by atoms with E-state index < -0.39 is 10.0 Å². The summed E-state index contributed by atoms with van der Waals surface area (Å²) in [4.78, 5) is 15.8. The first-order chi connectivity index (χ1) is 13.4. The minimum absolute atomic E-state index is 0.102. The molecule has 0 bridgehead atoms. The van der Waals surface area contributed by atoms with E-state index in [1.165, 1.54) is 18.3 Å². The number of hydrogen-bond donors (Lipinski definition) is 3. The summed E-state index contributed by atoms with van der Waals surface area (Å²) in [5, 5.41) is 5.88. The summed E-state index contributed by atoms with van der Waals surface area (Å²) in [7, 11) is -3.78. The van der Waals surface area contributed by atoms with Gasteiger partial charge < -0.3 is 10.6 Å². The minimum Gasteiger partial charge on any atom is -0.340 e. The van der Waals surface area contributed by atoms with E-state index in [4.69, 9.17) is 0 Å². The van der Waals surface area contributed by atoms with Crippen molar-refractivity contribution in [1.82, 2.24) is 4.98 Å². The first kappa shape index (κ1) is 18.0. The molecule has 0 atom stereocenters. The number of pyridine rings is 1. The summed E-state index contributed by atoms with van der Waals surface area (Å²) in [5.41, 5.74) is 3.69. The summed E-state index contributed by atoms with van der Waals surface area (Å²) in [6.07, 6.45) is 1.64. The number of hydrogen-bond acceptors (Lipinski definition) is 5. The zero-order valence-corrected chi connectivity index (χ0v) is 15.9. The molecule has 0 saturated heterocycles. The summed E-state index contributed by atoms with van der Waals surface area (Å²) >= 11 is 0. The molecule has 28 heavy (non-hydrogen) atoms. The van der Waals surface area contributed by atoms with Gasteiger partial charge in [0.15, 0.2) is 0 Å². The Balaban J connectivity index is 1.50. The highest BCUT2D eigenvalue weighted by Crippen LogP contribution is 2.27. The Morgan fingerprint density at radius 2 is 1.89 bits per heavy atom. The normalized spacial score (nSPS) is 13.0. The second-order valence-electron chi connectivity index (χ2n) is 6.52. The molecule has 1 aromatic heterocycles. The van der Waals surface area contributed by atoms with Gasteiger partial charge in [0.25, 0.3) is 10.0 Å². The van der Waals surface area contributed by atoms with Crippen molar-refractivity contribution in [2.45, 2.75) is 18.2 Å². The van der Waals surface area contributed by atoms with E-state index in [0.29, 0.717) is 22.8 Å². The minimum atomic E-state index is -3.78. The molecule has 7 nitrogen and oxygen atoms in total. The van der Waals surface area contributed by atoms with Crippen LogP contribution in [0, 0.1) is 6.92 Å². The zero-order chi connectivity index (χ0) is 19.7. The number of carbonyl (C=O) groups is 1. The Labute approximate surface area is 162 Å². The summed E-state index contributed by atoms with van der Waals surface area (Å²) in [6.45, 7) is 1.99. The van der Waals surface area contributed by atoms with E-state index >= 15 is 0 Å². The van der Waals surface area contributed by atoms with Gasteiger partial charge in [-0.15, -0.1) is 0 Å². The molecule has 0 aliphatic carbocycles. The van der Waals surface area contributed by atoms with Crippen LogP contribution in [0.4, 0.5) is 22.9 Å². The van der Waals surface area contributed by atoms with Crippen molar-refractivity contribution in [2.24, 2.45) is 0 Å². The second kappa shape index (κ2) is 6.97. The van der Waals surface area contributed by atoms with E-state index in [2.05, 4.69) is 20.3 Å². The van der Waals surface area contributed by atoms with Gasteiger partial charge >= 0.3 is 0 Å². The topological polar surface area (TPSA) is 100 Å². The molecular formula is C20H18N4O3S. The first-order valence-electron chi connectivity index (χ1n) is 8.65. The van der Waals surface area contributed by atoms with Gasteiger partial charge in [-0.1, -0.05) is 18.2 Å². The number of benzene rings is 2. The van der Waals surface area contributed by atoms with E-state index in [-0.39, 0.29) is 17.2 Å². The largest absolute Gasteiger partial charge is 0.340 e. The van der Waals surface area contributed by atoms with Crippen molar-refractivity contribution in [3.63, 3.8) is 0 Å². The lowest BCUT2D eigenvalue weighted by Gasteiger charge is -2.11. The number of carbonyl (C=O) groups excluding carboxylic acids is 1. The smallest absolute Gasteiger partial charge is 0.261 e. The maximum absolute atomic E-state index is 12.6.